The molecule has 2 rings (SSSR count). The highest BCUT2D eigenvalue weighted by atomic mass is 35.5. The highest BCUT2D eigenvalue weighted by molar-refractivity contribution is 6.34. The Kier molecular flexibility index (Phi) is 5.26. The van der Waals surface area contributed by atoms with Gasteiger partial charge in [0.15, 0.2) is 11.6 Å². The van der Waals surface area contributed by atoms with Gasteiger partial charge in [-0.15, -0.1) is 0 Å². The molecular weight excluding hydrogens is 325 g/mol. The van der Waals surface area contributed by atoms with Crippen LogP contribution in [0.2, 0.25) is 5.02 Å². The molecule has 1 heterocycles. The Bertz CT molecular complexity index is 639. The Morgan fingerprint density at radius 2 is 1.87 bits per heavy atom. The van der Waals surface area contributed by atoms with E-state index in [0.717, 1.165) is 0 Å². The normalized spacial score (nSPS) is 21.2. The molecule has 2 atom stereocenters. The molecule has 1 aliphatic rings. The number of nitrogens with zero attached hydrogens (tertiary/aromatic N) is 1. The first kappa shape index (κ1) is 17.7. The molecular formula is C16H19ClFNO4. The van der Waals surface area contributed by atoms with Crippen molar-refractivity contribution < 1.29 is 23.5 Å². The summed E-state index contributed by atoms with van der Waals surface area (Å²) in [7, 11) is 1.22. The molecule has 1 aromatic rings. The van der Waals surface area contributed by atoms with Crippen LogP contribution >= 0.6 is 11.6 Å². The van der Waals surface area contributed by atoms with Crippen LogP contribution in [0.15, 0.2) is 6.07 Å². The van der Waals surface area contributed by atoms with Crippen LogP contribution in [0.25, 0.3) is 0 Å². The fourth-order valence-corrected chi connectivity index (χ4v) is 3.13. The van der Waals surface area contributed by atoms with Crippen LogP contribution in [0.4, 0.5) is 10.1 Å². The zero-order valence-corrected chi connectivity index (χ0v) is 14.2. The van der Waals surface area contributed by atoms with Gasteiger partial charge in [0.25, 0.3) is 0 Å². The second-order valence-electron chi connectivity index (χ2n) is 5.66. The van der Waals surface area contributed by atoms with E-state index in [1.54, 1.807) is 4.90 Å². The third-order valence-electron chi connectivity index (χ3n) is 3.70. The van der Waals surface area contributed by atoms with Gasteiger partial charge in [0, 0.05) is 13.1 Å². The maximum atomic E-state index is 14.4. The fraction of sp³-hybridized carbons (Fsp3) is 0.500. The first-order valence-corrected chi connectivity index (χ1v) is 7.65. The number of methoxy groups -OCH3 is 1. The largest absolute Gasteiger partial charge is 0.465 e. The molecule has 0 amide bonds. The molecule has 0 bridgehead atoms. The summed E-state index contributed by atoms with van der Waals surface area (Å²) in [6.45, 7) is 5.89. The topological polar surface area (TPSA) is 55.8 Å². The number of halogens is 2. The average Bonchev–Trinajstić information content (AvgIpc) is 2.47. The summed E-state index contributed by atoms with van der Waals surface area (Å²) in [6, 6.07) is 1.20. The third-order valence-corrected chi connectivity index (χ3v) is 4.05. The van der Waals surface area contributed by atoms with Gasteiger partial charge in [-0.1, -0.05) is 11.6 Å². The number of Topliss-reactive ketones (excluding diaryl/α,β-unsaturated/α-hetero) is 1. The van der Waals surface area contributed by atoms with E-state index >= 15 is 0 Å². The van der Waals surface area contributed by atoms with Crippen LogP contribution in [0.3, 0.4) is 0 Å². The first-order chi connectivity index (χ1) is 10.8. The Hall–Kier alpha value is -1.66. The number of carbonyl (C=O) groups excluding carboxylic acids is 2. The van der Waals surface area contributed by atoms with Gasteiger partial charge >= 0.3 is 5.97 Å². The highest BCUT2D eigenvalue weighted by Gasteiger charge is 2.31. The van der Waals surface area contributed by atoms with Gasteiger partial charge in [0.05, 0.1) is 36.1 Å². The van der Waals surface area contributed by atoms with Crippen molar-refractivity contribution >= 4 is 29.0 Å². The number of carbonyl (C=O) groups is 2. The Morgan fingerprint density at radius 3 is 2.35 bits per heavy atom. The van der Waals surface area contributed by atoms with Gasteiger partial charge in [0.2, 0.25) is 0 Å². The summed E-state index contributed by atoms with van der Waals surface area (Å²) in [5, 5.41) is -0.251. The number of esters is 1. The average molecular weight is 344 g/mol. The number of morpholine rings is 1. The molecule has 23 heavy (non-hydrogen) atoms. The van der Waals surface area contributed by atoms with Crippen LogP contribution in [0, 0.1) is 5.82 Å². The van der Waals surface area contributed by atoms with Crippen molar-refractivity contribution in [1.29, 1.82) is 0 Å². The maximum Gasteiger partial charge on any atom is 0.340 e. The quantitative estimate of drug-likeness (QED) is 0.623. The second-order valence-corrected chi connectivity index (χ2v) is 6.04. The van der Waals surface area contributed by atoms with E-state index in [1.807, 2.05) is 13.8 Å². The molecule has 1 fully saturated rings. The van der Waals surface area contributed by atoms with Crippen molar-refractivity contribution in [3.63, 3.8) is 0 Å². The van der Waals surface area contributed by atoms with Crippen LogP contribution in [0.5, 0.6) is 0 Å². The zero-order chi connectivity index (χ0) is 17.3. The molecule has 0 aliphatic carbocycles. The van der Waals surface area contributed by atoms with E-state index in [0.29, 0.717) is 13.1 Å². The number of anilines is 1. The molecule has 7 heteroatoms. The van der Waals surface area contributed by atoms with Crippen molar-refractivity contribution in [3.05, 3.63) is 28.0 Å². The number of hydrogen-bond donors (Lipinski definition) is 0. The first-order valence-electron chi connectivity index (χ1n) is 7.27. The summed E-state index contributed by atoms with van der Waals surface area (Å²) in [5.41, 5.74) is 0.0851. The van der Waals surface area contributed by atoms with Gasteiger partial charge in [-0.2, -0.15) is 0 Å². The maximum absolute atomic E-state index is 14.4. The summed E-state index contributed by atoms with van der Waals surface area (Å²) in [6.07, 6.45) is -0.202. The number of rotatable bonds is 3. The van der Waals surface area contributed by atoms with Gasteiger partial charge < -0.3 is 14.4 Å². The predicted molar refractivity (Wildman–Crippen MR) is 85.0 cm³/mol. The van der Waals surface area contributed by atoms with Gasteiger partial charge in [-0.25, -0.2) is 9.18 Å². The molecule has 2 unspecified atom stereocenters. The smallest absolute Gasteiger partial charge is 0.340 e. The van der Waals surface area contributed by atoms with Gasteiger partial charge in [0.1, 0.15) is 5.02 Å². The summed E-state index contributed by atoms with van der Waals surface area (Å²) in [5.74, 6) is -2.00. The summed E-state index contributed by atoms with van der Waals surface area (Å²) < 4.78 is 24.9. The fourth-order valence-electron chi connectivity index (χ4n) is 2.81. The van der Waals surface area contributed by atoms with Crippen LogP contribution in [-0.4, -0.2) is 44.2 Å². The second kappa shape index (κ2) is 6.84. The minimum atomic E-state index is -0.825. The number of benzene rings is 1. The van der Waals surface area contributed by atoms with E-state index < -0.39 is 17.6 Å². The summed E-state index contributed by atoms with van der Waals surface area (Å²) >= 11 is 6.16. The molecule has 1 aromatic carbocycles. The lowest BCUT2D eigenvalue weighted by Gasteiger charge is -2.38. The monoisotopic (exact) mass is 343 g/mol. The van der Waals surface area contributed by atoms with E-state index in [2.05, 4.69) is 0 Å². The molecule has 1 aliphatic heterocycles. The van der Waals surface area contributed by atoms with E-state index in [9.17, 15) is 14.0 Å². The molecule has 1 saturated heterocycles. The molecule has 126 valence electrons. The molecule has 0 aromatic heterocycles. The lowest BCUT2D eigenvalue weighted by molar-refractivity contribution is -0.00534. The minimum Gasteiger partial charge on any atom is -0.465 e. The summed E-state index contributed by atoms with van der Waals surface area (Å²) in [4.78, 5) is 25.5. The molecule has 0 N–H and O–H groups in total. The number of ether oxygens (including phenoxy) is 2. The number of ketones is 1. The van der Waals surface area contributed by atoms with Crippen molar-refractivity contribution in [2.75, 3.05) is 25.1 Å². The predicted octanol–water partition coefficient (Wildman–Crippen LogP) is 3.08. The minimum absolute atomic E-state index is 0.0744. The van der Waals surface area contributed by atoms with Crippen LogP contribution < -0.4 is 4.90 Å². The van der Waals surface area contributed by atoms with Crippen molar-refractivity contribution in [2.24, 2.45) is 0 Å². The number of hydrogen-bond acceptors (Lipinski definition) is 5. The van der Waals surface area contributed by atoms with Crippen molar-refractivity contribution in [3.8, 4) is 0 Å². The highest BCUT2D eigenvalue weighted by Crippen LogP contribution is 2.36. The standard InChI is InChI=1S/C16H19ClFNO4/c1-8-6-19(7-9(2)23-8)15-12(16(21)22-4)5-11(10(3)20)14(18)13(15)17/h5,8-9H,6-7H2,1-4H3. The van der Waals surface area contributed by atoms with Gasteiger partial charge in [-0.3, -0.25) is 4.79 Å². The Labute approximate surface area is 139 Å². The van der Waals surface area contributed by atoms with Crippen molar-refractivity contribution in [2.45, 2.75) is 33.0 Å². The lowest BCUT2D eigenvalue weighted by Crippen LogP contribution is -2.46. The third kappa shape index (κ3) is 3.48. The Balaban J connectivity index is 2.63. The van der Waals surface area contributed by atoms with Crippen molar-refractivity contribution in [1.82, 2.24) is 0 Å². The molecule has 0 radical (unpaired) electrons. The van der Waals surface area contributed by atoms with E-state index in [-0.39, 0.29) is 34.0 Å². The van der Waals surface area contributed by atoms with E-state index in [4.69, 9.17) is 21.1 Å². The molecule has 0 saturated carbocycles. The van der Waals surface area contributed by atoms with Gasteiger partial charge in [-0.05, 0) is 26.8 Å². The molecule has 0 spiro atoms. The Morgan fingerprint density at radius 1 is 1.30 bits per heavy atom. The lowest BCUT2D eigenvalue weighted by atomic mass is 10.0. The van der Waals surface area contributed by atoms with Crippen LogP contribution in [-0.2, 0) is 9.47 Å². The SMILES string of the molecule is COC(=O)c1cc(C(C)=O)c(F)c(Cl)c1N1CC(C)OC(C)C1. The van der Waals surface area contributed by atoms with Crippen LogP contribution in [0.1, 0.15) is 41.5 Å². The van der Waals surface area contributed by atoms with E-state index in [1.165, 1.54) is 20.1 Å². The zero-order valence-electron chi connectivity index (χ0n) is 13.5. The molecule has 5 nitrogen and oxygen atoms in total.